The Balaban J connectivity index is 1.68. The van der Waals surface area contributed by atoms with Gasteiger partial charge in [-0.3, -0.25) is 4.79 Å². The molecule has 1 heterocycles. The van der Waals surface area contributed by atoms with Crippen molar-refractivity contribution in [3.8, 4) is 0 Å². The summed E-state index contributed by atoms with van der Waals surface area (Å²) in [5.74, 6) is -0.114. The smallest absolute Gasteiger partial charge is 0.253 e. The Bertz CT molecular complexity index is 862. The first-order chi connectivity index (χ1) is 11.9. The molecule has 25 heavy (non-hydrogen) atoms. The molecular formula is C17H16BrClN2O3S. The van der Waals surface area contributed by atoms with Crippen LogP contribution in [0.25, 0.3) is 0 Å². The molecule has 1 aliphatic rings. The number of amides is 1. The third kappa shape index (κ3) is 4.06. The van der Waals surface area contributed by atoms with Gasteiger partial charge in [-0.1, -0.05) is 27.5 Å². The van der Waals surface area contributed by atoms with Crippen molar-refractivity contribution in [1.29, 1.82) is 0 Å². The third-order valence-corrected chi connectivity index (χ3v) is 6.76. The molecule has 1 fully saturated rings. The van der Waals surface area contributed by atoms with Crippen LogP contribution in [0.5, 0.6) is 0 Å². The largest absolute Gasteiger partial charge is 0.336 e. The van der Waals surface area contributed by atoms with Crippen molar-refractivity contribution in [1.82, 2.24) is 9.21 Å². The van der Waals surface area contributed by atoms with Crippen molar-refractivity contribution >= 4 is 43.5 Å². The number of hydrogen-bond acceptors (Lipinski definition) is 3. The van der Waals surface area contributed by atoms with Crippen LogP contribution in [0, 0.1) is 0 Å². The highest BCUT2D eigenvalue weighted by Crippen LogP contribution is 2.21. The summed E-state index contributed by atoms with van der Waals surface area (Å²) in [6, 6.07) is 13.2. The maximum Gasteiger partial charge on any atom is 0.253 e. The molecule has 0 aliphatic carbocycles. The highest BCUT2D eigenvalue weighted by Gasteiger charge is 2.30. The Morgan fingerprint density at radius 2 is 1.48 bits per heavy atom. The van der Waals surface area contributed by atoms with Crippen molar-refractivity contribution in [2.75, 3.05) is 26.2 Å². The lowest BCUT2D eigenvalue weighted by molar-refractivity contribution is 0.0698. The summed E-state index contributed by atoms with van der Waals surface area (Å²) in [7, 11) is -3.54. The number of carbonyl (C=O) groups is 1. The van der Waals surface area contributed by atoms with E-state index in [4.69, 9.17) is 11.6 Å². The fourth-order valence-electron chi connectivity index (χ4n) is 2.66. The van der Waals surface area contributed by atoms with Crippen LogP contribution in [0.2, 0.25) is 5.02 Å². The molecule has 0 N–H and O–H groups in total. The number of halogens is 2. The highest BCUT2D eigenvalue weighted by atomic mass is 79.9. The average molecular weight is 444 g/mol. The van der Waals surface area contributed by atoms with E-state index < -0.39 is 10.0 Å². The second kappa shape index (κ2) is 7.45. The molecule has 3 rings (SSSR count). The second-order valence-electron chi connectivity index (χ2n) is 5.66. The molecule has 0 aromatic heterocycles. The summed E-state index contributed by atoms with van der Waals surface area (Å²) >= 11 is 9.14. The molecule has 2 aromatic rings. The zero-order valence-corrected chi connectivity index (χ0v) is 16.4. The fourth-order valence-corrected chi connectivity index (χ4v) is 4.47. The van der Waals surface area contributed by atoms with Crippen molar-refractivity contribution in [3.05, 3.63) is 63.6 Å². The molecule has 0 radical (unpaired) electrons. The topological polar surface area (TPSA) is 57.7 Å². The van der Waals surface area contributed by atoms with Gasteiger partial charge in [0, 0.05) is 41.2 Å². The van der Waals surface area contributed by atoms with Gasteiger partial charge < -0.3 is 4.90 Å². The minimum absolute atomic E-state index is 0.114. The Morgan fingerprint density at radius 1 is 0.920 bits per heavy atom. The van der Waals surface area contributed by atoms with E-state index in [9.17, 15) is 13.2 Å². The van der Waals surface area contributed by atoms with E-state index >= 15 is 0 Å². The fraction of sp³-hybridized carbons (Fsp3) is 0.235. The first-order valence-corrected chi connectivity index (χ1v) is 10.3. The third-order valence-electron chi connectivity index (χ3n) is 4.07. The maximum absolute atomic E-state index is 12.7. The molecule has 1 aliphatic heterocycles. The molecule has 5 nitrogen and oxygen atoms in total. The van der Waals surface area contributed by atoms with Crippen LogP contribution in [-0.4, -0.2) is 49.7 Å². The van der Waals surface area contributed by atoms with Gasteiger partial charge >= 0.3 is 0 Å². The van der Waals surface area contributed by atoms with Crippen LogP contribution < -0.4 is 0 Å². The molecular weight excluding hydrogens is 428 g/mol. The van der Waals surface area contributed by atoms with Crippen LogP contribution >= 0.6 is 27.5 Å². The first kappa shape index (κ1) is 18.4. The van der Waals surface area contributed by atoms with Gasteiger partial charge in [-0.05, 0) is 48.5 Å². The van der Waals surface area contributed by atoms with E-state index in [1.165, 1.54) is 4.31 Å². The van der Waals surface area contributed by atoms with Gasteiger partial charge in [-0.2, -0.15) is 4.31 Å². The van der Waals surface area contributed by atoms with E-state index in [2.05, 4.69) is 15.9 Å². The minimum atomic E-state index is -3.54. The number of rotatable bonds is 3. The van der Waals surface area contributed by atoms with Gasteiger partial charge in [0.05, 0.1) is 4.90 Å². The summed E-state index contributed by atoms with van der Waals surface area (Å²) in [6.45, 7) is 1.27. The predicted molar refractivity (Wildman–Crippen MR) is 100 cm³/mol. The van der Waals surface area contributed by atoms with Crippen molar-refractivity contribution in [3.63, 3.8) is 0 Å². The summed E-state index contributed by atoms with van der Waals surface area (Å²) < 4.78 is 27.6. The normalized spacial score (nSPS) is 16.0. The van der Waals surface area contributed by atoms with E-state index in [-0.39, 0.29) is 23.9 Å². The van der Waals surface area contributed by atoms with Crippen molar-refractivity contribution < 1.29 is 13.2 Å². The molecule has 1 saturated heterocycles. The first-order valence-electron chi connectivity index (χ1n) is 7.68. The molecule has 8 heteroatoms. The molecule has 1 amide bonds. The number of benzene rings is 2. The number of sulfonamides is 1. The molecule has 2 aromatic carbocycles. The second-order valence-corrected chi connectivity index (χ2v) is 8.95. The minimum Gasteiger partial charge on any atom is -0.336 e. The van der Waals surface area contributed by atoms with Crippen LogP contribution in [0.4, 0.5) is 0 Å². The summed E-state index contributed by atoms with van der Waals surface area (Å²) in [6.07, 6.45) is 0. The van der Waals surface area contributed by atoms with E-state index in [1.807, 2.05) is 0 Å². The van der Waals surface area contributed by atoms with Crippen LogP contribution in [0.3, 0.4) is 0 Å². The van der Waals surface area contributed by atoms with Gasteiger partial charge in [0.25, 0.3) is 5.91 Å². The van der Waals surface area contributed by atoms with Crippen LogP contribution in [-0.2, 0) is 10.0 Å². The van der Waals surface area contributed by atoms with Gasteiger partial charge in [-0.15, -0.1) is 0 Å². The van der Waals surface area contributed by atoms with Crippen molar-refractivity contribution in [2.45, 2.75) is 4.90 Å². The lowest BCUT2D eigenvalue weighted by Crippen LogP contribution is -2.50. The van der Waals surface area contributed by atoms with E-state index in [0.29, 0.717) is 23.7 Å². The van der Waals surface area contributed by atoms with Crippen molar-refractivity contribution in [2.24, 2.45) is 0 Å². The molecule has 0 saturated carbocycles. The summed E-state index contributed by atoms with van der Waals surface area (Å²) in [4.78, 5) is 14.4. The summed E-state index contributed by atoms with van der Waals surface area (Å²) in [5.41, 5.74) is 0.550. The Morgan fingerprint density at radius 3 is 2.04 bits per heavy atom. The predicted octanol–water partition coefficient (Wildman–Crippen LogP) is 3.25. The Labute approximate surface area is 160 Å². The molecule has 0 unspecified atom stereocenters. The number of nitrogens with zero attached hydrogens (tertiary/aromatic N) is 2. The lowest BCUT2D eigenvalue weighted by atomic mass is 10.2. The molecule has 132 valence electrons. The highest BCUT2D eigenvalue weighted by molar-refractivity contribution is 9.10. The van der Waals surface area contributed by atoms with Crippen LogP contribution in [0.15, 0.2) is 57.9 Å². The SMILES string of the molecule is O=C(c1ccc(Cl)cc1)N1CCN(S(=O)(=O)c2ccc(Br)cc2)CC1. The van der Waals surface area contributed by atoms with Gasteiger partial charge in [0.15, 0.2) is 0 Å². The Kier molecular flexibility index (Phi) is 5.48. The van der Waals surface area contributed by atoms with Gasteiger partial charge in [0.2, 0.25) is 10.0 Å². The number of carbonyl (C=O) groups excluding carboxylic acids is 1. The number of piperazine rings is 1. The maximum atomic E-state index is 12.7. The van der Waals surface area contributed by atoms with Gasteiger partial charge in [0.1, 0.15) is 0 Å². The standard InChI is InChI=1S/C17H16BrClN2O3S/c18-14-3-7-16(8-4-14)25(23,24)21-11-9-20(10-12-21)17(22)13-1-5-15(19)6-2-13/h1-8H,9-12H2. The van der Waals surface area contributed by atoms with Crippen LogP contribution in [0.1, 0.15) is 10.4 Å². The molecule has 0 atom stereocenters. The molecule has 0 spiro atoms. The number of hydrogen-bond donors (Lipinski definition) is 0. The summed E-state index contributed by atoms with van der Waals surface area (Å²) in [5, 5.41) is 0.571. The average Bonchev–Trinajstić information content (AvgIpc) is 2.62. The Hall–Kier alpha value is -1.41. The van der Waals surface area contributed by atoms with E-state index in [1.54, 1.807) is 53.4 Å². The molecule has 0 bridgehead atoms. The monoisotopic (exact) mass is 442 g/mol. The quantitative estimate of drug-likeness (QED) is 0.732. The lowest BCUT2D eigenvalue weighted by Gasteiger charge is -2.34. The van der Waals surface area contributed by atoms with Gasteiger partial charge in [-0.25, -0.2) is 8.42 Å². The zero-order valence-electron chi connectivity index (χ0n) is 13.2. The van der Waals surface area contributed by atoms with E-state index in [0.717, 1.165) is 4.47 Å². The zero-order chi connectivity index (χ0) is 18.0.